The van der Waals surface area contributed by atoms with E-state index in [0.717, 1.165) is 4.47 Å². The fraction of sp³-hybridized carbons (Fsp3) is 0.385. The number of aliphatic carboxylic acids is 1. The van der Waals surface area contributed by atoms with Crippen molar-refractivity contribution in [2.24, 2.45) is 0 Å². The van der Waals surface area contributed by atoms with Crippen LogP contribution in [0.1, 0.15) is 6.42 Å². The molecule has 8 heteroatoms. The normalized spacial score (nSPS) is 11.6. The molecule has 1 atom stereocenters. The molecule has 21 heavy (non-hydrogen) atoms. The summed E-state index contributed by atoms with van der Waals surface area (Å²) in [6.07, 6.45) is 2.25. The molecule has 0 bridgehead atoms. The number of carboxylic acid groups (broad SMARTS) is 1. The molecule has 0 aliphatic carbocycles. The van der Waals surface area contributed by atoms with Crippen LogP contribution in [0.5, 0.6) is 5.75 Å². The molecule has 0 aliphatic rings. The van der Waals surface area contributed by atoms with Gasteiger partial charge in [-0.2, -0.15) is 11.8 Å². The standard InChI is InChI=1S/C13H17BrN2O4S/c1-20-10-6-8(14)5-9(7-10)15-13(19)16-11(12(17)18)3-4-21-2/h5-7,11H,3-4H2,1-2H3,(H,17,18)(H2,15,16,19). The number of ether oxygens (including phenoxy) is 1. The Morgan fingerprint density at radius 3 is 2.71 bits per heavy atom. The number of hydrogen-bond acceptors (Lipinski definition) is 4. The van der Waals surface area contributed by atoms with Gasteiger partial charge in [0.05, 0.1) is 7.11 Å². The van der Waals surface area contributed by atoms with E-state index in [-0.39, 0.29) is 0 Å². The van der Waals surface area contributed by atoms with Crippen molar-refractivity contribution in [1.82, 2.24) is 5.32 Å². The molecule has 1 rings (SSSR count). The van der Waals surface area contributed by atoms with Gasteiger partial charge in [0.2, 0.25) is 0 Å². The lowest BCUT2D eigenvalue weighted by Crippen LogP contribution is -2.43. The molecule has 116 valence electrons. The third-order valence-electron chi connectivity index (χ3n) is 2.58. The summed E-state index contributed by atoms with van der Waals surface area (Å²) >= 11 is 4.83. The molecule has 0 radical (unpaired) electrons. The average molecular weight is 377 g/mol. The minimum absolute atomic E-state index is 0.367. The third-order valence-corrected chi connectivity index (χ3v) is 3.68. The number of carboxylic acids is 1. The summed E-state index contributed by atoms with van der Waals surface area (Å²) in [6.45, 7) is 0. The molecule has 0 aromatic heterocycles. The molecule has 0 fully saturated rings. The Kier molecular flexibility index (Phi) is 7.38. The number of halogens is 1. The molecule has 1 aromatic carbocycles. The van der Waals surface area contributed by atoms with E-state index in [4.69, 9.17) is 9.84 Å². The molecule has 1 unspecified atom stereocenters. The highest BCUT2D eigenvalue weighted by molar-refractivity contribution is 9.10. The molecule has 6 nitrogen and oxygen atoms in total. The van der Waals surface area contributed by atoms with Gasteiger partial charge in [0, 0.05) is 16.2 Å². The summed E-state index contributed by atoms with van der Waals surface area (Å²) in [4.78, 5) is 22.9. The van der Waals surface area contributed by atoms with Gasteiger partial charge in [-0.3, -0.25) is 0 Å². The first kappa shape index (κ1) is 17.6. The fourth-order valence-electron chi connectivity index (χ4n) is 1.57. The zero-order valence-corrected chi connectivity index (χ0v) is 14.1. The Bertz CT molecular complexity index is 513. The second-order valence-corrected chi connectivity index (χ2v) is 6.05. The van der Waals surface area contributed by atoms with Gasteiger partial charge in [-0.05, 0) is 30.6 Å². The Labute approximate surface area is 135 Å². The zero-order chi connectivity index (χ0) is 15.8. The number of methoxy groups -OCH3 is 1. The first-order chi connectivity index (χ1) is 9.96. The summed E-state index contributed by atoms with van der Waals surface area (Å²) in [5.74, 6) is 0.185. The van der Waals surface area contributed by atoms with Gasteiger partial charge in [0.25, 0.3) is 0 Å². The number of urea groups is 1. The van der Waals surface area contributed by atoms with Gasteiger partial charge in [0.15, 0.2) is 0 Å². The first-order valence-electron chi connectivity index (χ1n) is 6.10. The predicted octanol–water partition coefficient (Wildman–Crippen LogP) is 2.79. The predicted molar refractivity (Wildman–Crippen MR) is 87.3 cm³/mol. The Balaban J connectivity index is 2.67. The zero-order valence-electron chi connectivity index (χ0n) is 11.7. The molecule has 0 spiro atoms. The van der Waals surface area contributed by atoms with Crippen LogP contribution in [-0.2, 0) is 4.79 Å². The summed E-state index contributed by atoms with van der Waals surface area (Å²) in [7, 11) is 1.52. The van der Waals surface area contributed by atoms with Gasteiger partial charge in [-0.15, -0.1) is 0 Å². The van der Waals surface area contributed by atoms with Gasteiger partial charge in [-0.1, -0.05) is 15.9 Å². The minimum Gasteiger partial charge on any atom is -0.497 e. The largest absolute Gasteiger partial charge is 0.497 e. The van der Waals surface area contributed by atoms with Crippen molar-refractivity contribution in [3.63, 3.8) is 0 Å². The van der Waals surface area contributed by atoms with Crippen LogP contribution in [0.4, 0.5) is 10.5 Å². The van der Waals surface area contributed by atoms with Crippen LogP contribution < -0.4 is 15.4 Å². The average Bonchev–Trinajstić information content (AvgIpc) is 2.42. The molecule has 0 saturated heterocycles. The van der Waals surface area contributed by atoms with E-state index in [1.807, 2.05) is 6.26 Å². The Morgan fingerprint density at radius 1 is 1.43 bits per heavy atom. The monoisotopic (exact) mass is 376 g/mol. The number of carbonyl (C=O) groups is 2. The fourth-order valence-corrected chi connectivity index (χ4v) is 2.51. The highest BCUT2D eigenvalue weighted by Gasteiger charge is 2.19. The first-order valence-corrected chi connectivity index (χ1v) is 8.28. The highest BCUT2D eigenvalue weighted by atomic mass is 79.9. The van der Waals surface area contributed by atoms with Gasteiger partial charge in [-0.25, -0.2) is 9.59 Å². The van der Waals surface area contributed by atoms with E-state index < -0.39 is 18.0 Å². The number of hydrogen-bond donors (Lipinski definition) is 3. The number of thioether (sulfide) groups is 1. The van der Waals surface area contributed by atoms with E-state index in [2.05, 4.69) is 26.6 Å². The smallest absolute Gasteiger partial charge is 0.326 e. The van der Waals surface area contributed by atoms with Crippen LogP contribution in [0.25, 0.3) is 0 Å². The van der Waals surface area contributed by atoms with Gasteiger partial charge in [0.1, 0.15) is 11.8 Å². The van der Waals surface area contributed by atoms with Crippen LogP contribution in [0.3, 0.4) is 0 Å². The molecule has 0 heterocycles. The van der Waals surface area contributed by atoms with E-state index in [0.29, 0.717) is 23.6 Å². The number of rotatable bonds is 7. The molecular formula is C13H17BrN2O4S. The lowest BCUT2D eigenvalue weighted by Gasteiger charge is -2.15. The number of anilines is 1. The second-order valence-electron chi connectivity index (χ2n) is 4.15. The topological polar surface area (TPSA) is 87.7 Å². The summed E-state index contributed by atoms with van der Waals surface area (Å²) in [6, 6.07) is 3.61. The maximum Gasteiger partial charge on any atom is 0.326 e. The number of carbonyl (C=O) groups excluding carboxylic acids is 1. The van der Waals surface area contributed by atoms with Crippen molar-refractivity contribution < 1.29 is 19.4 Å². The lowest BCUT2D eigenvalue weighted by atomic mass is 10.2. The van der Waals surface area contributed by atoms with E-state index in [1.54, 1.807) is 18.2 Å². The molecule has 0 aliphatic heterocycles. The SMILES string of the molecule is COc1cc(Br)cc(NC(=O)NC(CCSC)C(=O)O)c1. The van der Waals surface area contributed by atoms with Crippen molar-refractivity contribution >= 4 is 45.4 Å². The maximum atomic E-state index is 11.9. The molecule has 0 saturated carbocycles. The van der Waals surface area contributed by atoms with Gasteiger partial charge < -0.3 is 20.5 Å². The van der Waals surface area contributed by atoms with Crippen molar-refractivity contribution in [3.05, 3.63) is 22.7 Å². The van der Waals surface area contributed by atoms with Crippen LogP contribution in [0.15, 0.2) is 22.7 Å². The highest BCUT2D eigenvalue weighted by Crippen LogP contribution is 2.24. The third kappa shape index (κ3) is 6.26. The van der Waals surface area contributed by atoms with E-state index >= 15 is 0 Å². The lowest BCUT2D eigenvalue weighted by molar-refractivity contribution is -0.139. The summed E-state index contributed by atoms with van der Waals surface area (Å²) in [5, 5.41) is 14.1. The molecule has 2 amide bonds. The van der Waals surface area contributed by atoms with Crippen molar-refractivity contribution in [2.75, 3.05) is 24.4 Å². The summed E-state index contributed by atoms with van der Waals surface area (Å²) in [5.41, 5.74) is 0.507. The van der Waals surface area contributed by atoms with E-state index in [1.165, 1.54) is 18.9 Å². The van der Waals surface area contributed by atoms with Crippen molar-refractivity contribution in [3.8, 4) is 5.75 Å². The second kappa shape index (κ2) is 8.78. The Hall–Kier alpha value is -1.41. The molecule has 1 aromatic rings. The maximum absolute atomic E-state index is 11.9. The van der Waals surface area contributed by atoms with Gasteiger partial charge >= 0.3 is 12.0 Å². The molecule has 3 N–H and O–H groups in total. The van der Waals surface area contributed by atoms with Crippen molar-refractivity contribution in [1.29, 1.82) is 0 Å². The summed E-state index contributed by atoms with van der Waals surface area (Å²) < 4.78 is 5.84. The number of amides is 2. The van der Waals surface area contributed by atoms with Crippen LogP contribution in [0, 0.1) is 0 Å². The quantitative estimate of drug-likeness (QED) is 0.680. The van der Waals surface area contributed by atoms with Crippen molar-refractivity contribution in [2.45, 2.75) is 12.5 Å². The van der Waals surface area contributed by atoms with Crippen LogP contribution in [-0.4, -0.2) is 42.3 Å². The Morgan fingerprint density at radius 2 is 2.14 bits per heavy atom. The van der Waals surface area contributed by atoms with E-state index in [9.17, 15) is 9.59 Å². The number of nitrogens with one attached hydrogen (secondary N) is 2. The minimum atomic E-state index is -1.05. The van der Waals surface area contributed by atoms with Crippen LogP contribution >= 0.6 is 27.7 Å². The number of benzene rings is 1. The molecular weight excluding hydrogens is 360 g/mol. The van der Waals surface area contributed by atoms with Crippen LogP contribution in [0.2, 0.25) is 0 Å².